The van der Waals surface area contributed by atoms with Crippen molar-refractivity contribution in [2.45, 2.75) is 38.6 Å². The number of para-hydroxylation sites is 1. The van der Waals surface area contributed by atoms with Gasteiger partial charge in [0.1, 0.15) is 0 Å². The highest BCUT2D eigenvalue weighted by molar-refractivity contribution is 5.53. The van der Waals surface area contributed by atoms with E-state index in [0.29, 0.717) is 12.4 Å². The lowest BCUT2D eigenvalue weighted by molar-refractivity contribution is -0.385. The molecule has 1 N–H and O–H groups in total. The maximum Gasteiger partial charge on any atom is 0.311 e. The fourth-order valence-electron chi connectivity index (χ4n) is 2.56. The van der Waals surface area contributed by atoms with Crippen LogP contribution >= 0.6 is 0 Å². The number of nitrogens with one attached hydrogen (secondary N) is 1. The van der Waals surface area contributed by atoms with Crippen molar-refractivity contribution in [3.05, 3.63) is 33.9 Å². The van der Waals surface area contributed by atoms with Crippen molar-refractivity contribution in [3.63, 3.8) is 0 Å². The average Bonchev–Trinajstić information content (AvgIpc) is 2.68. The molecular weight excluding hydrogens is 244 g/mol. The van der Waals surface area contributed by atoms with Gasteiger partial charge < -0.3 is 10.1 Å². The van der Waals surface area contributed by atoms with E-state index in [1.165, 1.54) is 12.5 Å². The van der Waals surface area contributed by atoms with Crippen molar-refractivity contribution in [1.29, 1.82) is 0 Å². The van der Waals surface area contributed by atoms with Crippen LogP contribution in [0.5, 0.6) is 5.75 Å². The number of nitro benzene ring substituents is 1. The smallest absolute Gasteiger partial charge is 0.311 e. The summed E-state index contributed by atoms with van der Waals surface area (Å²) >= 11 is 0. The first-order valence-corrected chi connectivity index (χ1v) is 6.87. The molecule has 1 atom stereocenters. The quantitative estimate of drug-likeness (QED) is 0.670. The molecule has 1 aliphatic heterocycles. The molecule has 0 radical (unpaired) electrons. The van der Waals surface area contributed by atoms with E-state index < -0.39 is 0 Å². The molecule has 1 saturated heterocycles. The van der Waals surface area contributed by atoms with Crippen molar-refractivity contribution in [3.8, 4) is 5.75 Å². The minimum absolute atomic E-state index is 0.0606. The molecule has 1 unspecified atom stereocenters. The van der Waals surface area contributed by atoms with Gasteiger partial charge in [0, 0.05) is 17.7 Å². The average molecular weight is 264 g/mol. The van der Waals surface area contributed by atoms with Crippen LogP contribution in [-0.2, 0) is 0 Å². The number of nitro groups is 1. The molecule has 1 aromatic carbocycles. The highest BCUT2D eigenvalue weighted by Gasteiger charge is 2.24. The van der Waals surface area contributed by atoms with Crippen molar-refractivity contribution >= 4 is 5.69 Å². The third kappa shape index (κ3) is 3.23. The van der Waals surface area contributed by atoms with Crippen LogP contribution in [0.25, 0.3) is 0 Å². The van der Waals surface area contributed by atoms with Gasteiger partial charge in [0.05, 0.1) is 11.5 Å². The van der Waals surface area contributed by atoms with Gasteiger partial charge in [-0.3, -0.25) is 10.1 Å². The first-order chi connectivity index (χ1) is 9.24. The van der Waals surface area contributed by atoms with E-state index in [0.717, 1.165) is 31.4 Å². The minimum atomic E-state index is -0.370. The number of benzene rings is 1. The summed E-state index contributed by atoms with van der Waals surface area (Å²) in [5.41, 5.74) is 0.975. The lowest BCUT2D eigenvalue weighted by atomic mass is 10.0. The molecule has 2 rings (SSSR count). The molecule has 104 valence electrons. The van der Waals surface area contributed by atoms with Gasteiger partial charge in [0.25, 0.3) is 0 Å². The summed E-state index contributed by atoms with van der Waals surface area (Å²) in [5.74, 6) is 0.425. The van der Waals surface area contributed by atoms with Gasteiger partial charge >= 0.3 is 5.69 Å². The summed E-state index contributed by atoms with van der Waals surface area (Å²) in [4.78, 5) is 10.7. The van der Waals surface area contributed by atoms with Crippen LogP contribution in [0, 0.1) is 10.1 Å². The summed E-state index contributed by atoms with van der Waals surface area (Å²) in [6.45, 7) is 3.24. The molecule has 0 spiro atoms. The van der Waals surface area contributed by atoms with E-state index >= 15 is 0 Å². The summed E-state index contributed by atoms with van der Waals surface area (Å²) in [7, 11) is 0. The second-order valence-electron chi connectivity index (χ2n) is 4.74. The molecule has 5 heteroatoms. The third-order valence-electron chi connectivity index (χ3n) is 3.45. The Morgan fingerprint density at radius 1 is 1.42 bits per heavy atom. The summed E-state index contributed by atoms with van der Waals surface area (Å²) in [5, 5.41) is 14.6. The maximum atomic E-state index is 11.1. The van der Waals surface area contributed by atoms with E-state index in [1.807, 2.05) is 13.0 Å². The van der Waals surface area contributed by atoms with Gasteiger partial charge in [0.2, 0.25) is 5.75 Å². The summed E-state index contributed by atoms with van der Waals surface area (Å²) in [6.07, 6.45) is 4.52. The van der Waals surface area contributed by atoms with E-state index in [9.17, 15) is 10.1 Å². The van der Waals surface area contributed by atoms with Crippen LogP contribution in [0.15, 0.2) is 18.2 Å². The van der Waals surface area contributed by atoms with Crippen molar-refractivity contribution in [2.75, 3.05) is 13.2 Å². The summed E-state index contributed by atoms with van der Waals surface area (Å²) < 4.78 is 5.54. The first kappa shape index (κ1) is 13.8. The monoisotopic (exact) mass is 264 g/mol. The Morgan fingerprint density at radius 2 is 2.26 bits per heavy atom. The molecule has 1 fully saturated rings. The Hall–Kier alpha value is -1.62. The third-order valence-corrected chi connectivity index (χ3v) is 3.45. The van der Waals surface area contributed by atoms with Gasteiger partial charge in [-0.2, -0.15) is 0 Å². The van der Waals surface area contributed by atoms with Gasteiger partial charge in [-0.1, -0.05) is 25.0 Å². The number of hydrogen-bond donors (Lipinski definition) is 1. The van der Waals surface area contributed by atoms with E-state index in [4.69, 9.17) is 4.74 Å². The second-order valence-corrected chi connectivity index (χ2v) is 4.74. The van der Waals surface area contributed by atoms with Crippen LogP contribution < -0.4 is 10.1 Å². The Kier molecular flexibility index (Phi) is 4.74. The predicted octanol–water partition coefficient (Wildman–Crippen LogP) is 3.20. The standard InChI is InChI=1S/C14H20N2O3/c1-2-19-14-11(7-6-9-13(14)16(17)18)12-8-4-3-5-10-15-12/h6-7,9,12,15H,2-5,8,10H2,1H3. The predicted molar refractivity (Wildman–Crippen MR) is 73.5 cm³/mol. The van der Waals surface area contributed by atoms with Gasteiger partial charge in [-0.05, 0) is 26.3 Å². The van der Waals surface area contributed by atoms with Crippen LogP contribution in [0.1, 0.15) is 44.2 Å². The molecule has 0 amide bonds. The van der Waals surface area contributed by atoms with E-state index in [1.54, 1.807) is 6.07 Å². The van der Waals surface area contributed by atoms with Crippen LogP contribution in [0.4, 0.5) is 5.69 Å². The lowest BCUT2D eigenvalue weighted by Crippen LogP contribution is -2.21. The largest absolute Gasteiger partial charge is 0.487 e. The molecule has 0 aliphatic carbocycles. The Morgan fingerprint density at radius 3 is 3.00 bits per heavy atom. The zero-order valence-corrected chi connectivity index (χ0v) is 11.2. The number of hydrogen-bond acceptors (Lipinski definition) is 4. The molecule has 1 heterocycles. The molecular formula is C14H20N2O3. The highest BCUT2D eigenvalue weighted by atomic mass is 16.6. The van der Waals surface area contributed by atoms with Gasteiger partial charge in [-0.15, -0.1) is 0 Å². The van der Waals surface area contributed by atoms with E-state index in [-0.39, 0.29) is 16.7 Å². The zero-order chi connectivity index (χ0) is 13.7. The Labute approximate surface area is 113 Å². The molecule has 0 saturated carbocycles. The fraction of sp³-hybridized carbons (Fsp3) is 0.571. The molecule has 1 aliphatic rings. The second kappa shape index (κ2) is 6.52. The fourth-order valence-corrected chi connectivity index (χ4v) is 2.56. The molecule has 0 bridgehead atoms. The number of rotatable bonds is 4. The molecule has 19 heavy (non-hydrogen) atoms. The van der Waals surface area contributed by atoms with Crippen LogP contribution in [0.2, 0.25) is 0 Å². The molecule has 5 nitrogen and oxygen atoms in total. The van der Waals surface area contributed by atoms with Crippen molar-refractivity contribution < 1.29 is 9.66 Å². The van der Waals surface area contributed by atoms with Crippen LogP contribution in [0.3, 0.4) is 0 Å². The SMILES string of the molecule is CCOc1c(C2CCCCCN2)cccc1[N+](=O)[O-]. The van der Waals surface area contributed by atoms with Gasteiger partial charge in [0.15, 0.2) is 0 Å². The minimum Gasteiger partial charge on any atom is -0.487 e. The van der Waals surface area contributed by atoms with Crippen molar-refractivity contribution in [2.24, 2.45) is 0 Å². The molecule has 1 aromatic rings. The Balaban J connectivity index is 2.36. The van der Waals surface area contributed by atoms with Crippen molar-refractivity contribution in [1.82, 2.24) is 5.32 Å². The maximum absolute atomic E-state index is 11.1. The number of nitrogens with zero attached hydrogens (tertiary/aromatic N) is 1. The normalized spacial score (nSPS) is 19.7. The Bertz CT molecular complexity index is 440. The first-order valence-electron chi connectivity index (χ1n) is 6.87. The lowest BCUT2D eigenvalue weighted by Gasteiger charge is -2.19. The highest BCUT2D eigenvalue weighted by Crippen LogP contribution is 2.37. The molecule has 0 aromatic heterocycles. The van der Waals surface area contributed by atoms with Crippen LogP contribution in [-0.4, -0.2) is 18.1 Å². The summed E-state index contributed by atoms with van der Waals surface area (Å²) in [6, 6.07) is 5.33. The topological polar surface area (TPSA) is 64.4 Å². The van der Waals surface area contributed by atoms with Gasteiger partial charge in [-0.25, -0.2) is 0 Å². The number of ether oxygens (including phenoxy) is 1. The van der Waals surface area contributed by atoms with E-state index in [2.05, 4.69) is 5.32 Å². The zero-order valence-electron chi connectivity index (χ0n) is 11.2.